The fraction of sp³-hybridized carbons (Fsp3) is 0.263. The Kier molecular flexibility index (Phi) is 5.95. The molecule has 0 saturated heterocycles. The molecular weight excluding hydrogens is 302 g/mol. The van der Waals surface area contributed by atoms with Crippen LogP contribution in [0.25, 0.3) is 0 Å². The number of nitrogens with one attached hydrogen (secondary N) is 2. The number of rotatable bonds is 6. The number of nitrogens with two attached hydrogens (primary N) is 1. The number of carbonyl (C=O) groups excluding carboxylic acids is 2. The molecule has 0 atom stereocenters. The Morgan fingerprint density at radius 2 is 1.71 bits per heavy atom. The number of para-hydroxylation sites is 1. The summed E-state index contributed by atoms with van der Waals surface area (Å²) in [6.07, 6.45) is 0.942. The summed E-state index contributed by atoms with van der Waals surface area (Å²) in [7, 11) is 0. The number of aryl methyl sites for hydroxylation is 1. The predicted molar refractivity (Wildman–Crippen MR) is 96.8 cm³/mol. The Bertz CT molecular complexity index is 709. The van der Waals surface area contributed by atoms with Crippen LogP contribution < -0.4 is 16.4 Å². The third kappa shape index (κ3) is 5.12. The number of amides is 2. The van der Waals surface area contributed by atoms with Gasteiger partial charge in [0.15, 0.2) is 0 Å². The Hall–Kier alpha value is -2.82. The molecule has 2 aromatic carbocycles. The monoisotopic (exact) mass is 325 g/mol. The van der Waals surface area contributed by atoms with Gasteiger partial charge < -0.3 is 16.4 Å². The third-order valence-corrected chi connectivity index (χ3v) is 3.53. The number of hydrogen-bond acceptors (Lipinski definition) is 3. The van der Waals surface area contributed by atoms with Crippen LogP contribution in [-0.2, 0) is 11.2 Å². The van der Waals surface area contributed by atoms with Crippen molar-refractivity contribution < 1.29 is 9.59 Å². The molecule has 0 aliphatic heterocycles. The molecule has 0 aliphatic carbocycles. The van der Waals surface area contributed by atoms with Crippen LogP contribution in [0.2, 0.25) is 0 Å². The van der Waals surface area contributed by atoms with Crippen molar-refractivity contribution in [1.82, 2.24) is 5.32 Å². The molecule has 0 bridgehead atoms. The van der Waals surface area contributed by atoms with Crippen molar-refractivity contribution in [3.05, 3.63) is 59.7 Å². The van der Waals surface area contributed by atoms with Crippen molar-refractivity contribution in [2.45, 2.75) is 32.7 Å². The Morgan fingerprint density at radius 3 is 2.33 bits per heavy atom. The van der Waals surface area contributed by atoms with Crippen molar-refractivity contribution >= 4 is 23.2 Å². The highest BCUT2D eigenvalue weighted by Crippen LogP contribution is 2.14. The minimum absolute atomic E-state index is 0.0855. The fourth-order valence-electron chi connectivity index (χ4n) is 2.28. The standard InChI is InChI=1S/C19H23N3O2/c1-13(2)21-19(24)15-7-10-16(11-8-15)22-18(23)12-9-14-5-3-4-6-17(14)20/h3-8,10-11,13H,9,12,20H2,1-2H3,(H,21,24)(H,22,23). The van der Waals surface area contributed by atoms with E-state index in [0.29, 0.717) is 29.8 Å². The highest BCUT2D eigenvalue weighted by molar-refractivity contribution is 5.96. The molecule has 0 aromatic heterocycles. The van der Waals surface area contributed by atoms with Gasteiger partial charge in [-0.05, 0) is 56.2 Å². The zero-order valence-corrected chi connectivity index (χ0v) is 14.0. The lowest BCUT2D eigenvalue weighted by Crippen LogP contribution is -2.30. The van der Waals surface area contributed by atoms with E-state index in [-0.39, 0.29) is 17.9 Å². The summed E-state index contributed by atoms with van der Waals surface area (Å²) in [6.45, 7) is 3.82. The zero-order valence-electron chi connectivity index (χ0n) is 14.0. The molecule has 5 nitrogen and oxygen atoms in total. The average molecular weight is 325 g/mol. The lowest BCUT2D eigenvalue weighted by Gasteiger charge is -2.10. The minimum atomic E-state index is -0.123. The first-order valence-electron chi connectivity index (χ1n) is 8.00. The zero-order chi connectivity index (χ0) is 17.5. The summed E-state index contributed by atoms with van der Waals surface area (Å²) < 4.78 is 0. The topological polar surface area (TPSA) is 84.2 Å². The molecule has 0 fully saturated rings. The van der Waals surface area contributed by atoms with Crippen LogP contribution in [-0.4, -0.2) is 17.9 Å². The lowest BCUT2D eigenvalue weighted by atomic mass is 10.1. The van der Waals surface area contributed by atoms with Crippen molar-refractivity contribution in [3.63, 3.8) is 0 Å². The van der Waals surface area contributed by atoms with Gasteiger partial charge in [-0.2, -0.15) is 0 Å². The molecule has 0 radical (unpaired) electrons. The summed E-state index contributed by atoms with van der Waals surface area (Å²) >= 11 is 0. The Balaban J connectivity index is 1.88. The first-order valence-corrected chi connectivity index (χ1v) is 8.00. The summed E-state index contributed by atoms with van der Waals surface area (Å²) in [5, 5.41) is 5.65. The molecule has 2 rings (SSSR count). The quantitative estimate of drug-likeness (QED) is 0.714. The maximum Gasteiger partial charge on any atom is 0.251 e. The maximum atomic E-state index is 12.0. The number of carbonyl (C=O) groups is 2. The molecule has 0 aliphatic rings. The van der Waals surface area contributed by atoms with E-state index in [9.17, 15) is 9.59 Å². The first kappa shape index (κ1) is 17.5. The van der Waals surface area contributed by atoms with E-state index in [2.05, 4.69) is 10.6 Å². The Labute approximate surface area is 142 Å². The highest BCUT2D eigenvalue weighted by atomic mass is 16.2. The second-order valence-electron chi connectivity index (χ2n) is 5.95. The molecule has 126 valence electrons. The lowest BCUT2D eigenvalue weighted by molar-refractivity contribution is -0.116. The van der Waals surface area contributed by atoms with Crippen molar-refractivity contribution in [1.29, 1.82) is 0 Å². The van der Waals surface area contributed by atoms with Gasteiger partial charge in [-0.25, -0.2) is 0 Å². The molecule has 0 saturated carbocycles. The summed E-state index contributed by atoms with van der Waals surface area (Å²) in [5.74, 6) is -0.208. The van der Waals surface area contributed by atoms with E-state index < -0.39 is 0 Å². The van der Waals surface area contributed by atoms with Crippen molar-refractivity contribution in [2.75, 3.05) is 11.1 Å². The van der Waals surface area contributed by atoms with Gasteiger partial charge in [-0.15, -0.1) is 0 Å². The molecular formula is C19H23N3O2. The molecule has 4 N–H and O–H groups in total. The minimum Gasteiger partial charge on any atom is -0.399 e. The number of benzene rings is 2. The van der Waals surface area contributed by atoms with E-state index in [1.54, 1.807) is 24.3 Å². The number of hydrogen-bond donors (Lipinski definition) is 3. The molecule has 2 amide bonds. The van der Waals surface area contributed by atoms with Crippen LogP contribution in [0.1, 0.15) is 36.2 Å². The normalized spacial score (nSPS) is 10.5. The van der Waals surface area contributed by atoms with Crippen molar-refractivity contribution in [2.24, 2.45) is 0 Å². The van der Waals surface area contributed by atoms with E-state index in [1.807, 2.05) is 38.1 Å². The molecule has 24 heavy (non-hydrogen) atoms. The first-order chi connectivity index (χ1) is 11.5. The SMILES string of the molecule is CC(C)NC(=O)c1ccc(NC(=O)CCc2ccccc2N)cc1. The van der Waals surface area contributed by atoms with Gasteiger partial charge in [0.2, 0.25) is 5.91 Å². The smallest absolute Gasteiger partial charge is 0.251 e. The van der Waals surface area contributed by atoms with Crippen molar-refractivity contribution in [3.8, 4) is 0 Å². The van der Waals surface area contributed by atoms with Crippen LogP contribution in [0.5, 0.6) is 0 Å². The van der Waals surface area contributed by atoms with Gasteiger partial charge in [0.25, 0.3) is 5.91 Å². The Morgan fingerprint density at radius 1 is 1.04 bits per heavy atom. The average Bonchev–Trinajstić information content (AvgIpc) is 2.54. The van der Waals surface area contributed by atoms with E-state index in [1.165, 1.54) is 0 Å². The van der Waals surface area contributed by atoms with Crippen LogP contribution in [0.3, 0.4) is 0 Å². The summed E-state index contributed by atoms with van der Waals surface area (Å²) in [4.78, 5) is 23.9. The summed E-state index contributed by atoms with van der Waals surface area (Å²) in [5.41, 5.74) is 8.77. The molecule has 0 spiro atoms. The van der Waals surface area contributed by atoms with Gasteiger partial charge in [-0.1, -0.05) is 18.2 Å². The van der Waals surface area contributed by atoms with Crippen LogP contribution in [0, 0.1) is 0 Å². The van der Waals surface area contributed by atoms with Gasteiger partial charge in [0, 0.05) is 29.4 Å². The molecule has 0 heterocycles. The largest absolute Gasteiger partial charge is 0.399 e. The number of nitrogen functional groups attached to an aromatic ring is 1. The number of anilines is 2. The van der Waals surface area contributed by atoms with E-state index >= 15 is 0 Å². The van der Waals surface area contributed by atoms with Crippen LogP contribution in [0.15, 0.2) is 48.5 Å². The molecule has 2 aromatic rings. The van der Waals surface area contributed by atoms with Crippen LogP contribution >= 0.6 is 0 Å². The highest BCUT2D eigenvalue weighted by Gasteiger charge is 2.08. The van der Waals surface area contributed by atoms with Gasteiger partial charge in [0.05, 0.1) is 0 Å². The third-order valence-electron chi connectivity index (χ3n) is 3.53. The van der Waals surface area contributed by atoms with Gasteiger partial charge in [0.1, 0.15) is 0 Å². The second-order valence-corrected chi connectivity index (χ2v) is 5.95. The van der Waals surface area contributed by atoms with Crippen LogP contribution in [0.4, 0.5) is 11.4 Å². The second kappa shape index (κ2) is 8.15. The fourth-order valence-corrected chi connectivity index (χ4v) is 2.28. The molecule has 0 unspecified atom stereocenters. The summed E-state index contributed by atoms with van der Waals surface area (Å²) in [6, 6.07) is 14.5. The van der Waals surface area contributed by atoms with Gasteiger partial charge in [-0.3, -0.25) is 9.59 Å². The van der Waals surface area contributed by atoms with E-state index in [4.69, 9.17) is 5.73 Å². The maximum absolute atomic E-state index is 12.0. The van der Waals surface area contributed by atoms with E-state index in [0.717, 1.165) is 5.56 Å². The molecule has 5 heteroatoms. The van der Waals surface area contributed by atoms with Gasteiger partial charge >= 0.3 is 0 Å². The predicted octanol–water partition coefficient (Wildman–Crippen LogP) is 2.98.